The molecule has 0 aromatic rings. The van der Waals surface area contributed by atoms with E-state index in [1.807, 2.05) is 6.92 Å². The second kappa shape index (κ2) is 7.26. The van der Waals surface area contributed by atoms with Gasteiger partial charge in [-0.25, -0.2) is 8.42 Å². The zero-order chi connectivity index (χ0) is 14.5. The first-order chi connectivity index (χ1) is 8.91. The summed E-state index contributed by atoms with van der Waals surface area (Å²) >= 11 is 1.71. The van der Waals surface area contributed by atoms with Gasteiger partial charge in [-0.2, -0.15) is 11.8 Å². The second-order valence-corrected chi connectivity index (χ2v) is 8.72. The van der Waals surface area contributed by atoms with Crippen LogP contribution in [0.3, 0.4) is 0 Å². The van der Waals surface area contributed by atoms with Gasteiger partial charge in [0.25, 0.3) is 0 Å². The molecular weight excluding hydrogens is 284 g/mol. The van der Waals surface area contributed by atoms with Crippen LogP contribution >= 0.6 is 11.8 Å². The SMILES string of the molecule is CCS(=O)(=O)C1CSCCN1C(C)(CN)CCOC. The molecule has 0 radical (unpaired) electrons. The molecule has 114 valence electrons. The van der Waals surface area contributed by atoms with Crippen LogP contribution in [-0.4, -0.2) is 68.3 Å². The number of sulfone groups is 1. The van der Waals surface area contributed by atoms with E-state index in [1.54, 1.807) is 25.8 Å². The Labute approximate surface area is 121 Å². The fourth-order valence-corrected chi connectivity index (χ4v) is 5.50. The van der Waals surface area contributed by atoms with E-state index in [0.29, 0.717) is 18.9 Å². The van der Waals surface area contributed by atoms with Crippen LogP contribution < -0.4 is 5.73 Å². The van der Waals surface area contributed by atoms with E-state index in [9.17, 15) is 8.42 Å². The summed E-state index contributed by atoms with van der Waals surface area (Å²) in [7, 11) is -1.42. The van der Waals surface area contributed by atoms with Crippen LogP contribution in [0.5, 0.6) is 0 Å². The molecule has 0 aromatic carbocycles. The molecule has 0 saturated carbocycles. The van der Waals surface area contributed by atoms with E-state index in [-0.39, 0.29) is 11.3 Å². The smallest absolute Gasteiger partial charge is 0.166 e. The van der Waals surface area contributed by atoms with E-state index in [1.165, 1.54) is 0 Å². The Balaban J connectivity index is 2.97. The average Bonchev–Trinajstić information content (AvgIpc) is 2.44. The molecule has 0 bridgehead atoms. The molecule has 2 unspecified atom stereocenters. The fraction of sp³-hybridized carbons (Fsp3) is 1.00. The van der Waals surface area contributed by atoms with Gasteiger partial charge in [-0.3, -0.25) is 4.90 Å². The van der Waals surface area contributed by atoms with Crippen molar-refractivity contribution in [1.29, 1.82) is 0 Å². The minimum Gasteiger partial charge on any atom is -0.385 e. The van der Waals surface area contributed by atoms with Gasteiger partial charge in [-0.15, -0.1) is 0 Å². The molecule has 1 heterocycles. The van der Waals surface area contributed by atoms with Crippen molar-refractivity contribution in [2.24, 2.45) is 5.73 Å². The van der Waals surface area contributed by atoms with E-state index < -0.39 is 15.2 Å². The summed E-state index contributed by atoms with van der Waals surface area (Å²) in [5.41, 5.74) is 5.61. The van der Waals surface area contributed by atoms with Crippen LogP contribution in [0.15, 0.2) is 0 Å². The Morgan fingerprint density at radius 3 is 2.74 bits per heavy atom. The van der Waals surface area contributed by atoms with Gasteiger partial charge in [0.1, 0.15) is 5.37 Å². The Morgan fingerprint density at radius 2 is 2.21 bits per heavy atom. The average molecular weight is 310 g/mol. The van der Waals surface area contributed by atoms with Crippen LogP contribution in [0, 0.1) is 0 Å². The molecule has 5 nitrogen and oxygen atoms in total. The largest absolute Gasteiger partial charge is 0.385 e. The van der Waals surface area contributed by atoms with Gasteiger partial charge in [0.05, 0.1) is 0 Å². The lowest BCUT2D eigenvalue weighted by molar-refractivity contribution is 0.0651. The lowest BCUT2D eigenvalue weighted by Gasteiger charge is -2.47. The van der Waals surface area contributed by atoms with Gasteiger partial charge >= 0.3 is 0 Å². The van der Waals surface area contributed by atoms with Gasteiger partial charge in [-0.1, -0.05) is 6.92 Å². The summed E-state index contributed by atoms with van der Waals surface area (Å²) < 4.78 is 29.7. The predicted octanol–water partition coefficient (Wildman–Crippen LogP) is 0.550. The molecule has 0 aliphatic carbocycles. The number of nitrogens with zero attached hydrogens (tertiary/aromatic N) is 1. The molecule has 19 heavy (non-hydrogen) atoms. The summed E-state index contributed by atoms with van der Waals surface area (Å²) in [5, 5.41) is -0.415. The van der Waals surface area contributed by atoms with Crippen molar-refractivity contribution in [2.45, 2.75) is 31.2 Å². The quantitative estimate of drug-likeness (QED) is 0.740. The number of hydrogen-bond acceptors (Lipinski definition) is 6. The lowest BCUT2D eigenvalue weighted by Crippen LogP contribution is -2.61. The maximum Gasteiger partial charge on any atom is 0.166 e. The number of ether oxygens (including phenoxy) is 1. The standard InChI is InChI=1S/C12H26N2O3S2/c1-4-19(15,16)11-9-18-8-6-14(11)12(2,10-13)5-7-17-3/h11H,4-10,13H2,1-3H3. The first-order valence-corrected chi connectivity index (χ1v) is 9.53. The maximum absolute atomic E-state index is 12.3. The molecule has 1 rings (SSSR count). The zero-order valence-electron chi connectivity index (χ0n) is 12.1. The zero-order valence-corrected chi connectivity index (χ0v) is 13.7. The topological polar surface area (TPSA) is 72.6 Å². The number of rotatable bonds is 7. The van der Waals surface area contributed by atoms with Gasteiger partial charge < -0.3 is 10.5 Å². The predicted molar refractivity (Wildman–Crippen MR) is 81.2 cm³/mol. The van der Waals surface area contributed by atoms with Crippen molar-refractivity contribution < 1.29 is 13.2 Å². The molecule has 1 aliphatic heterocycles. The minimum absolute atomic E-state index is 0.180. The highest BCUT2D eigenvalue weighted by molar-refractivity contribution is 8.01. The van der Waals surface area contributed by atoms with Crippen LogP contribution in [0.25, 0.3) is 0 Å². The molecule has 1 aliphatic rings. The molecule has 2 atom stereocenters. The summed E-state index contributed by atoms with van der Waals surface area (Å²) in [6.45, 7) is 5.56. The van der Waals surface area contributed by atoms with E-state index in [4.69, 9.17) is 10.5 Å². The van der Waals surface area contributed by atoms with Gasteiger partial charge in [-0.05, 0) is 13.3 Å². The molecule has 2 N–H and O–H groups in total. The van der Waals surface area contributed by atoms with Crippen molar-refractivity contribution in [3.8, 4) is 0 Å². The number of nitrogens with two attached hydrogens (primary N) is 1. The van der Waals surface area contributed by atoms with Gasteiger partial charge in [0.2, 0.25) is 0 Å². The minimum atomic E-state index is -3.08. The Hall–Kier alpha value is 0.180. The molecule has 0 amide bonds. The molecule has 0 aromatic heterocycles. The van der Waals surface area contributed by atoms with Crippen LogP contribution in [0.1, 0.15) is 20.3 Å². The molecule has 1 fully saturated rings. The number of methoxy groups -OCH3 is 1. The maximum atomic E-state index is 12.3. The third-order valence-electron chi connectivity index (χ3n) is 3.88. The molecule has 0 spiro atoms. The second-order valence-electron chi connectivity index (χ2n) is 5.12. The summed E-state index contributed by atoms with van der Waals surface area (Å²) in [5.74, 6) is 1.77. The highest BCUT2D eigenvalue weighted by Gasteiger charge is 2.42. The Bertz CT molecular complexity index is 375. The summed E-state index contributed by atoms with van der Waals surface area (Å²) in [4.78, 5) is 2.08. The highest BCUT2D eigenvalue weighted by atomic mass is 32.2. The Kier molecular flexibility index (Phi) is 6.59. The van der Waals surface area contributed by atoms with Crippen LogP contribution in [0.4, 0.5) is 0 Å². The summed E-state index contributed by atoms with van der Waals surface area (Å²) in [6.07, 6.45) is 0.750. The summed E-state index contributed by atoms with van der Waals surface area (Å²) in [6, 6.07) is 0. The van der Waals surface area contributed by atoms with Gasteiger partial charge in [0, 0.05) is 49.6 Å². The van der Waals surface area contributed by atoms with Crippen LogP contribution in [-0.2, 0) is 14.6 Å². The third kappa shape index (κ3) is 4.07. The van der Waals surface area contributed by atoms with E-state index in [2.05, 4.69) is 4.90 Å². The van der Waals surface area contributed by atoms with Crippen LogP contribution in [0.2, 0.25) is 0 Å². The third-order valence-corrected chi connectivity index (χ3v) is 7.17. The van der Waals surface area contributed by atoms with Gasteiger partial charge in [0.15, 0.2) is 9.84 Å². The van der Waals surface area contributed by atoms with Crippen molar-refractivity contribution in [2.75, 3.05) is 44.1 Å². The lowest BCUT2D eigenvalue weighted by atomic mass is 9.95. The van der Waals surface area contributed by atoms with E-state index >= 15 is 0 Å². The first kappa shape index (κ1) is 17.2. The van der Waals surface area contributed by atoms with Crippen molar-refractivity contribution >= 4 is 21.6 Å². The van der Waals surface area contributed by atoms with Crippen molar-refractivity contribution in [3.05, 3.63) is 0 Å². The Morgan fingerprint density at radius 1 is 1.53 bits per heavy atom. The van der Waals surface area contributed by atoms with Crippen molar-refractivity contribution in [3.63, 3.8) is 0 Å². The first-order valence-electron chi connectivity index (χ1n) is 6.66. The number of hydrogen-bond donors (Lipinski definition) is 1. The van der Waals surface area contributed by atoms with Crippen molar-refractivity contribution in [1.82, 2.24) is 4.90 Å². The molecular formula is C12H26N2O3S2. The normalized spacial score (nSPS) is 25.2. The number of thioether (sulfide) groups is 1. The monoisotopic (exact) mass is 310 g/mol. The fourth-order valence-electron chi connectivity index (χ4n) is 2.37. The highest BCUT2D eigenvalue weighted by Crippen LogP contribution is 2.30. The van der Waals surface area contributed by atoms with E-state index in [0.717, 1.165) is 18.7 Å². The molecule has 1 saturated heterocycles. The molecule has 7 heteroatoms.